The van der Waals surface area contributed by atoms with Gasteiger partial charge in [0, 0.05) is 5.92 Å². The fourth-order valence-corrected chi connectivity index (χ4v) is 1.93. The van der Waals surface area contributed by atoms with Crippen LogP contribution in [-0.4, -0.2) is 16.7 Å². The molecule has 0 radical (unpaired) electrons. The summed E-state index contributed by atoms with van der Waals surface area (Å²) >= 11 is 0. The third-order valence-corrected chi connectivity index (χ3v) is 3.28. The quantitative estimate of drug-likeness (QED) is 0.865. The normalized spacial score (nSPS) is 14.3. The van der Waals surface area contributed by atoms with Gasteiger partial charge in [-0.2, -0.15) is 0 Å². The van der Waals surface area contributed by atoms with E-state index in [2.05, 4.69) is 48.4 Å². The maximum absolute atomic E-state index is 5.82. The molecule has 1 N–H and O–H groups in total. The molecule has 0 bridgehead atoms. The second-order valence-electron chi connectivity index (χ2n) is 4.69. The van der Waals surface area contributed by atoms with E-state index in [-0.39, 0.29) is 6.04 Å². The number of aromatic nitrogens is 2. The zero-order valence-corrected chi connectivity index (χ0v) is 11.8. The Morgan fingerprint density at radius 2 is 1.79 bits per heavy atom. The Kier molecular flexibility index (Phi) is 4.68. The first-order valence-corrected chi connectivity index (χ1v) is 6.87. The first-order chi connectivity index (χ1) is 9.26. The predicted octanol–water partition coefficient (Wildman–Crippen LogP) is 3.28. The summed E-state index contributed by atoms with van der Waals surface area (Å²) in [6.07, 6.45) is 0.999. The lowest BCUT2D eigenvalue weighted by molar-refractivity contribution is 0.389. The van der Waals surface area contributed by atoms with Crippen molar-refractivity contribution < 1.29 is 4.42 Å². The maximum Gasteiger partial charge on any atom is 0.237 e. The minimum atomic E-state index is -0.0310. The molecule has 102 valence electrons. The topological polar surface area (TPSA) is 51.0 Å². The average molecular weight is 259 g/mol. The largest absolute Gasteiger partial charge is 0.423 e. The highest BCUT2D eigenvalue weighted by atomic mass is 16.4. The highest BCUT2D eigenvalue weighted by Crippen LogP contribution is 2.24. The first kappa shape index (κ1) is 13.7. The Morgan fingerprint density at radius 3 is 2.42 bits per heavy atom. The van der Waals surface area contributed by atoms with Crippen LogP contribution < -0.4 is 5.32 Å². The molecule has 0 aliphatic carbocycles. The fraction of sp³-hybridized carbons (Fsp3) is 0.467. The Morgan fingerprint density at radius 1 is 1.11 bits per heavy atom. The van der Waals surface area contributed by atoms with E-state index in [1.165, 1.54) is 0 Å². The Hall–Kier alpha value is -1.68. The highest BCUT2D eigenvalue weighted by molar-refractivity contribution is 5.23. The summed E-state index contributed by atoms with van der Waals surface area (Å²) in [7, 11) is 0. The van der Waals surface area contributed by atoms with E-state index in [1.807, 2.05) is 18.2 Å². The summed E-state index contributed by atoms with van der Waals surface area (Å²) in [5, 5.41) is 11.7. The molecule has 1 heterocycles. The van der Waals surface area contributed by atoms with Gasteiger partial charge in [0.05, 0.1) is 0 Å². The number of benzene rings is 1. The van der Waals surface area contributed by atoms with Crippen LogP contribution in [-0.2, 0) is 0 Å². The van der Waals surface area contributed by atoms with Gasteiger partial charge in [0.1, 0.15) is 6.04 Å². The van der Waals surface area contributed by atoms with Crippen molar-refractivity contribution in [2.24, 2.45) is 0 Å². The van der Waals surface area contributed by atoms with Gasteiger partial charge in [0.25, 0.3) is 0 Å². The van der Waals surface area contributed by atoms with Crippen LogP contribution in [0.1, 0.15) is 56.5 Å². The lowest BCUT2D eigenvalue weighted by Gasteiger charge is -2.14. The minimum absolute atomic E-state index is 0.0310. The van der Waals surface area contributed by atoms with Gasteiger partial charge in [0.2, 0.25) is 11.8 Å². The summed E-state index contributed by atoms with van der Waals surface area (Å²) in [6, 6.07) is 10.2. The number of hydrogen-bond acceptors (Lipinski definition) is 4. The predicted molar refractivity (Wildman–Crippen MR) is 75.0 cm³/mol. The summed E-state index contributed by atoms with van der Waals surface area (Å²) in [5.41, 5.74) is 1.14. The molecular formula is C15H21N3O. The monoisotopic (exact) mass is 259 g/mol. The lowest BCUT2D eigenvalue weighted by atomic mass is 10.1. The highest BCUT2D eigenvalue weighted by Gasteiger charge is 2.21. The molecule has 0 aliphatic heterocycles. The molecule has 4 heteroatoms. The third kappa shape index (κ3) is 3.20. The molecule has 0 saturated carbocycles. The molecule has 0 saturated heterocycles. The molecule has 2 atom stereocenters. The van der Waals surface area contributed by atoms with E-state index in [4.69, 9.17) is 4.42 Å². The van der Waals surface area contributed by atoms with Gasteiger partial charge < -0.3 is 9.73 Å². The van der Waals surface area contributed by atoms with Crippen LogP contribution in [0.5, 0.6) is 0 Å². The van der Waals surface area contributed by atoms with Gasteiger partial charge in [0.15, 0.2) is 0 Å². The van der Waals surface area contributed by atoms with Gasteiger partial charge in [-0.3, -0.25) is 0 Å². The molecule has 0 spiro atoms. The van der Waals surface area contributed by atoms with Crippen LogP contribution in [0, 0.1) is 0 Å². The molecular weight excluding hydrogens is 238 g/mol. The van der Waals surface area contributed by atoms with Crippen molar-refractivity contribution in [1.82, 2.24) is 15.5 Å². The van der Waals surface area contributed by atoms with Crippen molar-refractivity contribution >= 4 is 0 Å². The van der Waals surface area contributed by atoms with Crippen molar-refractivity contribution in [1.29, 1.82) is 0 Å². The van der Waals surface area contributed by atoms with Crippen LogP contribution in [0.15, 0.2) is 34.7 Å². The van der Waals surface area contributed by atoms with Crippen molar-refractivity contribution in [3.63, 3.8) is 0 Å². The Labute approximate surface area is 114 Å². The molecule has 2 unspecified atom stereocenters. The maximum atomic E-state index is 5.82. The van der Waals surface area contributed by atoms with E-state index in [0.717, 1.165) is 24.4 Å². The second kappa shape index (κ2) is 6.48. The van der Waals surface area contributed by atoms with Gasteiger partial charge in [-0.15, -0.1) is 10.2 Å². The average Bonchev–Trinajstić information content (AvgIpc) is 2.94. The molecule has 0 amide bonds. The van der Waals surface area contributed by atoms with Gasteiger partial charge in [-0.05, 0) is 18.5 Å². The van der Waals surface area contributed by atoms with Crippen LogP contribution in [0.3, 0.4) is 0 Å². The lowest BCUT2D eigenvalue weighted by Crippen LogP contribution is -2.22. The standard InChI is InChI=1S/C15H21N3O/c1-4-11(3)14-17-18-15(19-14)13(16-5-2)12-9-7-6-8-10-12/h6-11,13,16H,4-5H2,1-3H3. The van der Waals surface area contributed by atoms with Gasteiger partial charge in [-0.1, -0.05) is 51.1 Å². The van der Waals surface area contributed by atoms with Crippen LogP contribution in [0.2, 0.25) is 0 Å². The van der Waals surface area contributed by atoms with E-state index >= 15 is 0 Å². The van der Waals surface area contributed by atoms with Crippen LogP contribution >= 0.6 is 0 Å². The van der Waals surface area contributed by atoms with E-state index < -0.39 is 0 Å². The minimum Gasteiger partial charge on any atom is -0.423 e. The number of rotatable bonds is 6. The molecule has 0 fully saturated rings. The summed E-state index contributed by atoms with van der Waals surface area (Å²) in [6.45, 7) is 7.14. The Balaban J connectivity index is 2.27. The van der Waals surface area contributed by atoms with E-state index in [1.54, 1.807) is 0 Å². The van der Waals surface area contributed by atoms with E-state index in [0.29, 0.717) is 11.8 Å². The number of nitrogens with one attached hydrogen (secondary N) is 1. The smallest absolute Gasteiger partial charge is 0.237 e. The first-order valence-electron chi connectivity index (χ1n) is 6.87. The van der Waals surface area contributed by atoms with E-state index in [9.17, 15) is 0 Å². The van der Waals surface area contributed by atoms with Gasteiger partial charge in [-0.25, -0.2) is 0 Å². The summed E-state index contributed by atoms with van der Waals surface area (Å²) in [5.74, 6) is 1.67. The number of nitrogens with zero attached hydrogens (tertiary/aromatic N) is 2. The Bertz CT molecular complexity index is 495. The third-order valence-electron chi connectivity index (χ3n) is 3.28. The molecule has 2 rings (SSSR count). The SMILES string of the molecule is CCNC(c1ccccc1)c1nnc(C(C)CC)o1. The van der Waals surface area contributed by atoms with Crippen LogP contribution in [0.4, 0.5) is 0 Å². The molecule has 1 aromatic carbocycles. The van der Waals surface area contributed by atoms with Gasteiger partial charge >= 0.3 is 0 Å². The zero-order chi connectivity index (χ0) is 13.7. The molecule has 2 aromatic rings. The van der Waals surface area contributed by atoms with Crippen molar-refractivity contribution in [3.8, 4) is 0 Å². The summed E-state index contributed by atoms with van der Waals surface area (Å²) < 4.78 is 5.82. The van der Waals surface area contributed by atoms with Crippen molar-refractivity contribution in [2.45, 2.75) is 39.2 Å². The second-order valence-corrected chi connectivity index (χ2v) is 4.69. The van der Waals surface area contributed by atoms with Crippen molar-refractivity contribution in [3.05, 3.63) is 47.7 Å². The zero-order valence-electron chi connectivity index (χ0n) is 11.8. The molecule has 0 aliphatic rings. The molecule has 4 nitrogen and oxygen atoms in total. The summed E-state index contributed by atoms with van der Waals surface area (Å²) in [4.78, 5) is 0. The fourth-order valence-electron chi connectivity index (χ4n) is 1.93. The number of hydrogen-bond donors (Lipinski definition) is 1. The van der Waals surface area contributed by atoms with Crippen LogP contribution in [0.25, 0.3) is 0 Å². The molecule has 19 heavy (non-hydrogen) atoms. The van der Waals surface area contributed by atoms with Crippen molar-refractivity contribution in [2.75, 3.05) is 6.54 Å². The molecule has 1 aromatic heterocycles.